The van der Waals surface area contributed by atoms with Crippen LogP contribution in [0.5, 0.6) is 0 Å². The predicted octanol–water partition coefficient (Wildman–Crippen LogP) is 1.61. The number of aromatic nitrogens is 6. The van der Waals surface area contributed by atoms with Gasteiger partial charge in [0.1, 0.15) is 20.2 Å². The molecular formula is C42H38N12Na2O6S2. The van der Waals surface area contributed by atoms with Crippen molar-refractivity contribution in [1.29, 1.82) is 0 Å². The van der Waals surface area contributed by atoms with E-state index in [1.54, 1.807) is 0 Å². The van der Waals surface area contributed by atoms with E-state index in [4.69, 9.17) is 0 Å². The van der Waals surface area contributed by atoms with E-state index in [0.29, 0.717) is 30.4 Å². The summed E-state index contributed by atoms with van der Waals surface area (Å²) in [6.45, 7) is 5.09. The van der Waals surface area contributed by atoms with Crippen LogP contribution in [-0.4, -0.2) is 68.9 Å². The monoisotopic (exact) mass is 916 g/mol. The number of nitrogens with zero attached hydrogens (tertiary/aromatic N) is 7. The fourth-order valence-electron chi connectivity index (χ4n) is 5.99. The summed E-state index contributed by atoms with van der Waals surface area (Å²) in [5.41, 5.74) is 2.27. The van der Waals surface area contributed by atoms with Crippen LogP contribution in [0.2, 0.25) is 0 Å². The molecule has 7 rings (SSSR count). The first-order valence-corrected chi connectivity index (χ1v) is 21.8. The van der Waals surface area contributed by atoms with Crippen LogP contribution in [-0.2, 0) is 20.2 Å². The Hall–Kier alpha value is -5.52. The summed E-state index contributed by atoms with van der Waals surface area (Å²) in [5.74, 6) is 0.989. The molecule has 0 fully saturated rings. The van der Waals surface area contributed by atoms with E-state index in [9.17, 15) is 25.9 Å². The number of benzene rings is 5. The molecule has 0 radical (unpaired) electrons. The van der Waals surface area contributed by atoms with Gasteiger partial charge in [0.25, 0.3) is 0 Å². The van der Waals surface area contributed by atoms with Crippen molar-refractivity contribution in [3.63, 3.8) is 0 Å². The minimum atomic E-state index is -5.10. The van der Waals surface area contributed by atoms with E-state index >= 15 is 0 Å². The second kappa shape index (κ2) is 22.4. The fourth-order valence-corrected chi connectivity index (χ4v) is 7.38. The van der Waals surface area contributed by atoms with Crippen molar-refractivity contribution in [2.75, 3.05) is 44.6 Å². The second-order valence-corrected chi connectivity index (χ2v) is 15.9. The van der Waals surface area contributed by atoms with Gasteiger partial charge in [-0.25, -0.2) is 16.8 Å². The Morgan fingerprint density at radius 2 is 0.750 bits per heavy atom. The van der Waals surface area contributed by atoms with E-state index in [2.05, 4.69) is 56.5 Å². The molecule has 0 saturated heterocycles. The molecule has 5 N–H and O–H groups in total. The van der Waals surface area contributed by atoms with Crippen LogP contribution >= 0.6 is 0 Å². The molecule has 0 amide bonds. The van der Waals surface area contributed by atoms with Crippen molar-refractivity contribution in [1.82, 2.24) is 29.9 Å². The fraction of sp³-hybridized carbons (Fsp3) is 0.0952. The van der Waals surface area contributed by atoms with Gasteiger partial charge in [0.15, 0.2) is 0 Å². The molecule has 2 aromatic heterocycles. The van der Waals surface area contributed by atoms with Crippen LogP contribution < -0.4 is 90.6 Å². The molecule has 0 aliphatic carbocycles. The van der Waals surface area contributed by atoms with Crippen molar-refractivity contribution in [2.45, 2.75) is 23.6 Å². The van der Waals surface area contributed by atoms with Crippen molar-refractivity contribution in [3.05, 3.63) is 139 Å². The van der Waals surface area contributed by atoms with Gasteiger partial charge in [0.05, 0.1) is 9.79 Å². The van der Waals surface area contributed by atoms with Gasteiger partial charge >= 0.3 is 59.1 Å². The first-order valence-electron chi connectivity index (χ1n) is 19.0. The first kappa shape index (κ1) is 49.5. The molecule has 7 aromatic rings. The van der Waals surface area contributed by atoms with Gasteiger partial charge in [0, 0.05) is 41.5 Å². The van der Waals surface area contributed by atoms with Gasteiger partial charge in [-0.15, -0.1) is 0 Å². The largest absolute Gasteiger partial charge is 1.00 e. The Labute approximate surface area is 414 Å². The first-order chi connectivity index (χ1) is 29.8. The van der Waals surface area contributed by atoms with E-state index in [1.165, 1.54) is 36.4 Å². The summed E-state index contributed by atoms with van der Waals surface area (Å²) in [4.78, 5) is 27.4. The van der Waals surface area contributed by atoms with Gasteiger partial charge in [-0.05, 0) is 85.6 Å². The zero-order chi connectivity index (χ0) is 43.7. The number of para-hydroxylation sites is 3. The number of nitrogens with one attached hydrogen (secondary N) is 5. The number of hydrogen-bond acceptors (Lipinski definition) is 18. The molecule has 0 saturated carbocycles. The Morgan fingerprint density at radius 1 is 0.453 bits per heavy atom. The molecule has 5 aromatic carbocycles. The normalized spacial score (nSPS) is 11.2. The van der Waals surface area contributed by atoms with E-state index in [0.717, 1.165) is 17.8 Å². The Morgan fingerprint density at radius 3 is 1.05 bits per heavy atom. The Kier molecular flexibility index (Phi) is 17.3. The van der Waals surface area contributed by atoms with Crippen LogP contribution in [0.1, 0.15) is 25.0 Å². The van der Waals surface area contributed by atoms with Crippen molar-refractivity contribution >= 4 is 96.5 Å². The summed E-state index contributed by atoms with van der Waals surface area (Å²) in [5, 5.41) is 15.3. The number of anilines is 11. The van der Waals surface area contributed by atoms with Gasteiger partial charge in [-0.2, -0.15) is 29.9 Å². The Bertz CT molecular complexity index is 2880. The summed E-state index contributed by atoms with van der Waals surface area (Å²) in [6.07, 6.45) is 2.45. The molecule has 0 spiro atoms. The molecule has 22 heteroatoms. The average molecular weight is 917 g/mol. The number of hydrogen-bond donors (Lipinski definition) is 5. The maximum Gasteiger partial charge on any atom is 1.00 e. The van der Waals surface area contributed by atoms with E-state index < -0.39 is 30.0 Å². The third-order valence-electron chi connectivity index (χ3n) is 8.92. The minimum Gasteiger partial charge on any atom is -0.744 e. The summed E-state index contributed by atoms with van der Waals surface area (Å²) < 4.78 is 75.6. The van der Waals surface area contributed by atoms with Crippen LogP contribution in [0.4, 0.5) is 64.1 Å². The van der Waals surface area contributed by atoms with Gasteiger partial charge < -0.3 is 40.6 Å². The third kappa shape index (κ3) is 13.5. The zero-order valence-electron chi connectivity index (χ0n) is 35.1. The van der Waals surface area contributed by atoms with Crippen molar-refractivity contribution in [2.24, 2.45) is 0 Å². The molecule has 2 heterocycles. The van der Waals surface area contributed by atoms with E-state index in [1.807, 2.05) is 110 Å². The molecule has 0 aliphatic heterocycles. The number of rotatable bonds is 17. The van der Waals surface area contributed by atoms with Crippen molar-refractivity contribution in [3.8, 4) is 0 Å². The topological polar surface area (TPSA) is 255 Å². The summed E-state index contributed by atoms with van der Waals surface area (Å²) >= 11 is 0. The standard InChI is InChI=1S/C42H40N12O6S2.2Na/c1-3-54(4-2)42-52-40(45-32-18-12-7-13-19-32)51-41(53-42)47-34-25-23-29(36(27-34)62(58,59)60)21-20-28-22-24-33(26-35(28)61(55,56)57)46-39-49-37(43-30-14-8-5-9-15-30)48-38(50-39)44-31-16-10-6-11-17-31;;/h5-27H,3-4H2,1-2H3,(H,55,56,57)(H,58,59,60)(H2,45,47,51,52,53)(H3,43,44,46,48,49,50);;/q;2*+1/p-2/b21-20+;;. The van der Waals surface area contributed by atoms with Crippen molar-refractivity contribution < 1.29 is 85.1 Å². The predicted molar refractivity (Wildman–Crippen MR) is 237 cm³/mol. The molecule has 0 unspecified atom stereocenters. The van der Waals surface area contributed by atoms with Gasteiger partial charge in [0.2, 0.25) is 35.7 Å². The van der Waals surface area contributed by atoms with Crippen LogP contribution in [0.15, 0.2) is 137 Å². The smallest absolute Gasteiger partial charge is 0.744 e. The second-order valence-electron chi connectivity index (χ2n) is 13.2. The zero-order valence-corrected chi connectivity index (χ0v) is 40.7. The quantitative estimate of drug-likeness (QED) is 0.0494. The molecule has 0 atom stereocenters. The molecule has 0 bridgehead atoms. The summed E-state index contributed by atoms with van der Waals surface area (Å²) in [7, 11) is -10.2. The molecule has 316 valence electrons. The maximum atomic E-state index is 12.6. The summed E-state index contributed by atoms with van der Waals surface area (Å²) in [6, 6.07) is 35.5. The van der Waals surface area contributed by atoms with Gasteiger partial charge in [-0.3, -0.25) is 0 Å². The molecule has 64 heavy (non-hydrogen) atoms. The minimum absolute atomic E-state index is 0. The average Bonchev–Trinajstić information content (AvgIpc) is 3.24. The Balaban J connectivity index is 0.00000385. The van der Waals surface area contributed by atoms with Crippen LogP contribution in [0.25, 0.3) is 12.2 Å². The van der Waals surface area contributed by atoms with E-state index in [-0.39, 0.29) is 111 Å². The van der Waals surface area contributed by atoms with Crippen LogP contribution in [0, 0.1) is 0 Å². The molecular weight excluding hydrogens is 879 g/mol. The third-order valence-corrected chi connectivity index (χ3v) is 10.7. The molecule has 0 aliphatic rings. The maximum absolute atomic E-state index is 12.6. The van der Waals surface area contributed by atoms with Gasteiger partial charge in [-0.1, -0.05) is 78.9 Å². The molecule has 18 nitrogen and oxygen atoms in total. The van der Waals surface area contributed by atoms with Crippen LogP contribution in [0.3, 0.4) is 0 Å². The SMILES string of the molecule is CCN(CC)c1nc(Nc2ccccc2)nc(Nc2ccc(/C=C/c3ccc(Nc4nc(Nc5ccccc5)nc(Nc5ccccc5)n4)cc3S(=O)(=O)[O-])c(S(=O)(=O)[O-])c2)n1.[Na+].[Na+].